The van der Waals surface area contributed by atoms with Crippen LogP contribution in [0.25, 0.3) is 0 Å². The summed E-state index contributed by atoms with van der Waals surface area (Å²) in [5.41, 5.74) is -4.62. The molecular formula is C15H21F3N2O3S. The van der Waals surface area contributed by atoms with Crippen LogP contribution in [0.15, 0.2) is 29.2 Å². The van der Waals surface area contributed by atoms with Gasteiger partial charge in [-0.25, -0.2) is 8.42 Å². The van der Waals surface area contributed by atoms with Gasteiger partial charge >= 0.3 is 5.51 Å². The minimum atomic E-state index is -5.31. The van der Waals surface area contributed by atoms with Crippen molar-refractivity contribution in [1.82, 2.24) is 4.90 Å². The monoisotopic (exact) mass is 366 g/mol. The van der Waals surface area contributed by atoms with Crippen LogP contribution in [0.4, 0.5) is 18.9 Å². The molecule has 0 aromatic heterocycles. The fraction of sp³-hybridized carbons (Fsp3) is 0.600. The maximum Gasteiger partial charge on any atom is 0.501 e. The van der Waals surface area contributed by atoms with Crippen LogP contribution in [0.3, 0.4) is 0 Å². The molecule has 2 atom stereocenters. The Labute approximate surface area is 139 Å². The number of aliphatic hydroxyl groups excluding tert-OH is 1. The number of piperazine rings is 1. The first-order valence-electron chi connectivity index (χ1n) is 7.61. The number of β-amino-alcohol motifs (C(OH)–C–C–N with tert-alkyl or cyclic N) is 1. The van der Waals surface area contributed by atoms with E-state index in [-0.39, 0.29) is 6.04 Å². The summed E-state index contributed by atoms with van der Waals surface area (Å²) < 4.78 is 60.4. The van der Waals surface area contributed by atoms with Crippen LogP contribution >= 0.6 is 0 Å². The number of sulfone groups is 1. The predicted octanol–water partition coefficient (Wildman–Crippen LogP) is 1.87. The second-order valence-electron chi connectivity index (χ2n) is 6.09. The van der Waals surface area contributed by atoms with E-state index in [9.17, 15) is 26.7 Å². The van der Waals surface area contributed by atoms with Crippen LogP contribution in [0.1, 0.15) is 13.8 Å². The van der Waals surface area contributed by atoms with Gasteiger partial charge in [-0.15, -0.1) is 0 Å². The lowest BCUT2D eigenvalue weighted by molar-refractivity contribution is -0.0436. The molecule has 1 aromatic carbocycles. The quantitative estimate of drug-likeness (QED) is 0.882. The van der Waals surface area contributed by atoms with Crippen molar-refractivity contribution >= 4 is 15.5 Å². The number of anilines is 1. The Balaban J connectivity index is 2.12. The average molecular weight is 366 g/mol. The third kappa shape index (κ3) is 4.01. The van der Waals surface area contributed by atoms with Gasteiger partial charge in [-0.05, 0) is 38.1 Å². The molecule has 1 aliphatic heterocycles. The number of hydrogen-bond donors (Lipinski definition) is 1. The summed E-state index contributed by atoms with van der Waals surface area (Å²) in [5.74, 6) is 0. The Morgan fingerprint density at radius 1 is 1.25 bits per heavy atom. The Morgan fingerprint density at radius 3 is 2.29 bits per heavy atom. The highest BCUT2D eigenvalue weighted by atomic mass is 32.2. The number of benzene rings is 1. The van der Waals surface area contributed by atoms with E-state index in [1.54, 1.807) is 6.92 Å². The molecule has 24 heavy (non-hydrogen) atoms. The predicted molar refractivity (Wildman–Crippen MR) is 84.6 cm³/mol. The minimum Gasteiger partial charge on any atom is -0.392 e. The van der Waals surface area contributed by atoms with Gasteiger partial charge in [-0.3, -0.25) is 4.90 Å². The number of aliphatic hydroxyl groups is 1. The van der Waals surface area contributed by atoms with Crippen molar-refractivity contribution in [2.75, 3.05) is 31.1 Å². The molecule has 0 amide bonds. The Hall–Kier alpha value is -1.32. The third-order valence-corrected chi connectivity index (χ3v) is 5.52. The topological polar surface area (TPSA) is 60.9 Å². The van der Waals surface area contributed by atoms with Gasteiger partial charge in [-0.1, -0.05) is 0 Å². The van der Waals surface area contributed by atoms with Crippen LogP contribution in [0.2, 0.25) is 0 Å². The van der Waals surface area contributed by atoms with Crippen LogP contribution in [0.5, 0.6) is 0 Å². The molecule has 0 aliphatic carbocycles. The third-order valence-electron chi connectivity index (χ3n) is 4.02. The molecule has 1 aromatic rings. The molecule has 1 aliphatic rings. The average Bonchev–Trinajstić information content (AvgIpc) is 2.45. The zero-order chi connectivity index (χ0) is 18.1. The largest absolute Gasteiger partial charge is 0.501 e. The van der Waals surface area contributed by atoms with Crippen molar-refractivity contribution in [3.63, 3.8) is 0 Å². The lowest BCUT2D eigenvalue weighted by Crippen LogP contribution is -2.53. The molecule has 0 saturated carbocycles. The van der Waals surface area contributed by atoms with Gasteiger partial charge in [-0.2, -0.15) is 13.2 Å². The minimum absolute atomic E-state index is 0.0996. The molecule has 1 saturated heterocycles. The van der Waals surface area contributed by atoms with Gasteiger partial charge in [0.15, 0.2) is 0 Å². The summed E-state index contributed by atoms with van der Waals surface area (Å²) >= 11 is 0. The normalized spacial score (nSPS) is 21.8. The smallest absolute Gasteiger partial charge is 0.392 e. The Morgan fingerprint density at radius 2 is 1.83 bits per heavy atom. The molecular weight excluding hydrogens is 345 g/mol. The molecule has 0 radical (unpaired) electrons. The maximum atomic E-state index is 12.6. The van der Waals surface area contributed by atoms with E-state index in [1.807, 2.05) is 11.8 Å². The summed E-state index contributed by atoms with van der Waals surface area (Å²) in [6, 6.07) is 4.89. The first-order valence-corrected chi connectivity index (χ1v) is 9.09. The van der Waals surface area contributed by atoms with Gasteiger partial charge in [0.05, 0.1) is 11.0 Å². The SMILES string of the molecule is CC(O)CN1CCN(c2ccc(S(=O)(=O)C(F)(F)F)cc2)C(C)C1. The standard InChI is InChI=1S/C15H21F3N2O3S/c1-11-9-19(10-12(2)21)7-8-20(11)13-3-5-14(6-4-13)24(22,23)15(16,17)18/h3-6,11-12,21H,7-10H2,1-2H3. The van der Waals surface area contributed by atoms with Crippen LogP contribution in [0, 0.1) is 0 Å². The van der Waals surface area contributed by atoms with Crippen LogP contribution in [-0.2, 0) is 9.84 Å². The van der Waals surface area contributed by atoms with E-state index in [1.165, 1.54) is 12.1 Å². The summed E-state index contributed by atoms with van der Waals surface area (Å²) in [4.78, 5) is 3.38. The summed E-state index contributed by atoms with van der Waals surface area (Å²) in [6.07, 6.45) is -0.421. The first kappa shape index (κ1) is 19.0. The van der Waals surface area contributed by atoms with Gasteiger partial charge in [0.2, 0.25) is 0 Å². The van der Waals surface area contributed by atoms with E-state index >= 15 is 0 Å². The highest BCUT2D eigenvalue weighted by Gasteiger charge is 2.46. The molecule has 136 valence electrons. The van der Waals surface area contributed by atoms with Crippen molar-refractivity contribution in [2.45, 2.75) is 36.4 Å². The van der Waals surface area contributed by atoms with Gasteiger partial charge < -0.3 is 10.0 Å². The fourth-order valence-corrected chi connectivity index (χ4v) is 3.67. The number of nitrogens with zero attached hydrogens (tertiary/aromatic N) is 2. The number of hydrogen-bond acceptors (Lipinski definition) is 5. The van der Waals surface area contributed by atoms with E-state index in [2.05, 4.69) is 4.90 Å². The molecule has 1 fully saturated rings. The summed E-state index contributed by atoms with van der Waals surface area (Å²) in [5, 5.41) is 9.44. The maximum absolute atomic E-state index is 12.6. The highest BCUT2D eigenvalue weighted by molar-refractivity contribution is 7.92. The van der Waals surface area contributed by atoms with E-state index in [0.717, 1.165) is 18.7 Å². The summed E-state index contributed by atoms with van der Waals surface area (Å²) in [6.45, 7) is 6.36. The zero-order valence-electron chi connectivity index (χ0n) is 13.5. The zero-order valence-corrected chi connectivity index (χ0v) is 14.3. The summed E-state index contributed by atoms with van der Waals surface area (Å²) in [7, 11) is -5.31. The molecule has 2 rings (SSSR count). The van der Waals surface area contributed by atoms with E-state index < -0.39 is 26.3 Å². The van der Waals surface area contributed by atoms with Crippen molar-refractivity contribution in [3.05, 3.63) is 24.3 Å². The highest BCUT2D eigenvalue weighted by Crippen LogP contribution is 2.31. The van der Waals surface area contributed by atoms with Crippen molar-refractivity contribution in [1.29, 1.82) is 0 Å². The molecule has 1 heterocycles. The molecule has 0 bridgehead atoms. The Bertz CT molecular complexity index is 660. The second kappa shape index (κ2) is 6.89. The lowest BCUT2D eigenvalue weighted by atomic mass is 10.1. The number of rotatable bonds is 4. The Kier molecular flexibility index (Phi) is 5.46. The number of alkyl halides is 3. The van der Waals surface area contributed by atoms with E-state index in [0.29, 0.717) is 25.3 Å². The van der Waals surface area contributed by atoms with Gasteiger partial charge in [0, 0.05) is 37.9 Å². The lowest BCUT2D eigenvalue weighted by Gasteiger charge is -2.41. The number of halogens is 3. The van der Waals surface area contributed by atoms with Crippen LogP contribution < -0.4 is 4.90 Å². The molecule has 1 N–H and O–H groups in total. The van der Waals surface area contributed by atoms with Crippen molar-refractivity contribution < 1.29 is 26.7 Å². The van der Waals surface area contributed by atoms with E-state index in [4.69, 9.17) is 0 Å². The molecule has 0 spiro atoms. The first-order chi connectivity index (χ1) is 11.0. The van der Waals surface area contributed by atoms with Crippen LogP contribution in [-0.4, -0.2) is 62.3 Å². The second-order valence-corrected chi connectivity index (χ2v) is 8.04. The fourth-order valence-electron chi connectivity index (χ4n) is 2.91. The van der Waals surface area contributed by atoms with Gasteiger partial charge in [0.1, 0.15) is 0 Å². The van der Waals surface area contributed by atoms with Gasteiger partial charge in [0.25, 0.3) is 9.84 Å². The molecule has 5 nitrogen and oxygen atoms in total. The van der Waals surface area contributed by atoms with Crippen molar-refractivity contribution in [3.8, 4) is 0 Å². The van der Waals surface area contributed by atoms with Crippen molar-refractivity contribution in [2.24, 2.45) is 0 Å². The molecule has 9 heteroatoms. The molecule has 2 unspecified atom stereocenters.